The normalized spacial score (nSPS) is 18.6. The fourth-order valence-corrected chi connectivity index (χ4v) is 3.83. The van der Waals surface area contributed by atoms with Gasteiger partial charge in [0.15, 0.2) is 0 Å². The van der Waals surface area contributed by atoms with Gasteiger partial charge in [-0.05, 0) is 37.0 Å². The lowest BCUT2D eigenvalue weighted by molar-refractivity contribution is -0.137. The molecule has 1 saturated heterocycles. The number of nitrogens with zero attached hydrogens (tertiary/aromatic N) is 2. The first-order chi connectivity index (χ1) is 14.6. The van der Waals surface area contributed by atoms with E-state index in [-0.39, 0.29) is 43.7 Å². The summed E-state index contributed by atoms with van der Waals surface area (Å²) >= 11 is 0. The van der Waals surface area contributed by atoms with Crippen LogP contribution in [0.1, 0.15) is 32.3 Å². The molecule has 0 aromatic heterocycles. The highest BCUT2D eigenvalue weighted by Gasteiger charge is 2.39. The van der Waals surface area contributed by atoms with Gasteiger partial charge >= 0.3 is 6.18 Å². The average Bonchev–Trinajstić information content (AvgIpc) is 3.52. The Bertz CT molecular complexity index is 812. The van der Waals surface area contributed by atoms with Gasteiger partial charge in [-0.15, -0.1) is 0 Å². The highest BCUT2D eigenvalue weighted by atomic mass is 19.4. The molecule has 7 nitrogen and oxygen atoms in total. The summed E-state index contributed by atoms with van der Waals surface area (Å²) in [7, 11) is 0. The minimum atomic E-state index is -4.69. The van der Waals surface area contributed by atoms with Crippen molar-refractivity contribution in [2.24, 2.45) is 11.7 Å². The molecule has 0 spiro atoms. The zero-order valence-electron chi connectivity index (χ0n) is 17.7. The number of rotatable bonds is 8. The van der Waals surface area contributed by atoms with Crippen LogP contribution in [0, 0.1) is 5.92 Å². The van der Waals surface area contributed by atoms with Crippen LogP contribution in [-0.4, -0.2) is 61.6 Å². The summed E-state index contributed by atoms with van der Waals surface area (Å²) in [5, 5.41) is 2.59. The highest BCUT2D eigenvalue weighted by Crippen LogP contribution is 2.39. The van der Waals surface area contributed by atoms with Gasteiger partial charge in [-0.1, -0.05) is 13.8 Å². The number of anilines is 2. The largest absolute Gasteiger partial charge is 0.418 e. The maximum absolute atomic E-state index is 13.7. The Balaban J connectivity index is 1.83. The van der Waals surface area contributed by atoms with E-state index in [1.54, 1.807) is 0 Å². The second-order valence-corrected chi connectivity index (χ2v) is 8.39. The molecule has 1 aromatic rings. The number of hydrogen-bond acceptors (Lipinski definition) is 5. The molecule has 0 bridgehead atoms. The van der Waals surface area contributed by atoms with Crippen molar-refractivity contribution in [2.45, 2.75) is 44.9 Å². The highest BCUT2D eigenvalue weighted by molar-refractivity contribution is 5.98. The van der Waals surface area contributed by atoms with E-state index in [0.717, 1.165) is 23.8 Å². The molecule has 1 heterocycles. The molecular formula is C21H29F3N4O3. The molecule has 10 heteroatoms. The first-order valence-electron chi connectivity index (χ1n) is 10.5. The number of nitrogens with one attached hydrogen (secondary N) is 1. The molecule has 0 radical (unpaired) electrons. The van der Waals surface area contributed by atoms with Crippen molar-refractivity contribution in [3.8, 4) is 0 Å². The Morgan fingerprint density at radius 2 is 2.06 bits per heavy atom. The number of halogens is 3. The van der Waals surface area contributed by atoms with Gasteiger partial charge in [-0.25, -0.2) is 0 Å². The molecule has 172 valence electrons. The average molecular weight is 442 g/mol. The van der Waals surface area contributed by atoms with Gasteiger partial charge < -0.3 is 20.7 Å². The van der Waals surface area contributed by atoms with Gasteiger partial charge in [-0.2, -0.15) is 13.2 Å². The lowest BCUT2D eigenvalue weighted by Crippen LogP contribution is -2.51. The van der Waals surface area contributed by atoms with Crippen LogP contribution in [0.4, 0.5) is 24.5 Å². The molecule has 31 heavy (non-hydrogen) atoms. The van der Waals surface area contributed by atoms with E-state index in [2.05, 4.69) is 5.32 Å². The Morgan fingerprint density at radius 1 is 1.35 bits per heavy atom. The lowest BCUT2D eigenvalue weighted by Gasteiger charge is -2.32. The Kier molecular flexibility index (Phi) is 7.23. The molecule has 2 amide bonds. The van der Waals surface area contributed by atoms with Crippen molar-refractivity contribution < 1.29 is 27.5 Å². The maximum atomic E-state index is 13.7. The van der Waals surface area contributed by atoms with E-state index in [0.29, 0.717) is 12.5 Å². The summed E-state index contributed by atoms with van der Waals surface area (Å²) in [5.41, 5.74) is 4.66. The zero-order chi connectivity index (χ0) is 22.8. The summed E-state index contributed by atoms with van der Waals surface area (Å²) < 4.78 is 46.2. The number of amides is 2. The summed E-state index contributed by atoms with van der Waals surface area (Å²) in [5.74, 6) is -0.645. The summed E-state index contributed by atoms with van der Waals surface area (Å²) in [6, 6.07) is 3.12. The van der Waals surface area contributed by atoms with E-state index >= 15 is 0 Å². The Labute approximate surface area is 179 Å². The molecule has 3 N–H and O–H groups in total. The smallest absolute Gasteiger partial charge is 0.370 e. The quantitative estimate of drug-likeness (QED) is 0.646. The third kappa shape index (κ3) is 5.75. The fraction of sp³-hybridized carbons (Fsp3) is 0.619. The van der Waals surface area contributed by atoms with E-state index in [9.17, 15) is 22.8 Å². The van der Waals surface area contributed by atoms with Gasteiger partial charge in [0.2, 0.25) is 5.91 Å². The second-order valence-electron chi connectivity index (χ2n) is 8.39. The Morgan fingerprint density at radius 3 is 2.61 bits per heavy atom. The Hall–Kier alpha value is -2.17. The van der Waals surface area contributed by atoms with E-state index < -0.39 is 29.6 Å². The van der Waals surface area contributed by atoms with Crippen molar-refractivity contribution in [1.29, 1.82) is 0 Å². The fourth-order valence-electron chi connectivity index (χ4n) is 3.83. The molecular weight excluding hydrogens is 413 g/mol. The van der Waals surface area contributed by atoms with E-state index in [4.69, 9.17) is 10.5 Å². The molecule has 3 rings (SSSR count). The maximum Gasteiger partial charge on any atom is 0.418 e. The first kappa shape index (κ1) is 23.5. The molecule has 2 aliphatic rings. The molecule has 1 aromatic carbocycles. The van der Waals surface area contributed by atoms with E-state index in [1.165, 1.54) is 12.1 Å². The van der Waals surface area contributed by atoms with Crippen molar-refractivity contribution in [3.63, 3.8) is 0 Å². The van der Waals surface area contributed by atoms with Gasteiger partial charge in [0.25, 0.3) is 5.91 Å². The summed E-state index contributed by atoms with van der Waals surface area (Å²) in [6.45, 7) is 4.78. The minimum Gasteiger partial charge on any atom is -0.370 e. The third-order valence-corrected chi connectivity index (χ3v) is 5.36. The topological polar surface area (TPSA) is 87.9 Å². The molecule has 1 aliphatic carbocycles. The molecule has 1 saturated carbocycles. The number of ether oxygens (including phenoxy) is 1. The van der Waals surface area contributed by atoms with Crippen LogP contribution in [0.5, 0.6) is 0 Å². The number of benzene rings is 1. The molecule has 1 aliphatic heterocycles. The van der Waals surface area contributed by atoms with Gasteiger partial charge in [-0.3, -0.25) is 14.5 Å². The second kappa shape index (κ2) is 9.54. The van der Waals surface area contributed by atoms with Gasteiger partial charge in [0.05, 0.1) is 17.9 Å². The van der Waals surface area contributed by atoms with Crippen LogP contribution in [0.15, 0.2) is 18.2 Å². The first-order valence-corrected chi connectivity index (χ1v) is 10.5. The number of hydrogen-bond donors (Lipinski definition) is 2. The van der Waals surface area contributed by atoms with Crippen molar-refractivity contribution in [1.82, 2.24) is 4.90 Å². The summed E-state index contributed by atoms with van der Waals surface area (Å²) in [4.78, 5) is 28.1. The predicted molar refractivity (Wildman–Crippen MR) is 111 cm³/mol. The van der Waals surface area contributed by atoms with Crippen LogP contribution in [0.25, 0.3) is 0 Å². The SMILES string of the molecule is CC(C)CN(C1CC1)[C@H](CN)C(=O)Nc1ccc(N2CCOCC2=O)c(C(F)(F)F)c1. The third-order valence-electron chi connectivity index (χ3n) is 5.36. The van der Waals surface area contributed by atoms with Crippen molar-refractivity contribution in [3.05, 3.63) is 23.8 Å². The predicted octanol–water partition coefficient (Wildman–Crippen LogP) is 2.45. The van der Waals surface area contributed by atoms with Gasteiger partial charge in [0, 0.05) is 31.4 Å². The van der Waals surface area contributed by atoms with Crippen LogP contribution in [-0.2, 0) is 20.5 Å². The summed E-state index contributed by atoms with van der Waals surface area (Å²) in [6.07, 6.45) is -2.73. The molecule has 2 fully saturated rings. The monoisotopic (exact) mass is 442 g/mol. The van der Waals surface area contributed by atoms with Crippen LogP contribution in [0.2, 0.25) is 0 Å². The number of alkyl halides is 3. The van der Waals surface area contributed by atoms with Crippen LogP contribution >= 0.6 is 0 Å². The number of morpholine rings is 1. The number of carbonyl (C=O) groups is 2. The zero-order valence-corrected chi connectivity index (χ0v) is 17.7. The van der Waals surface area contributed by atoms with Gasteiger partial charge in [0.1, 0.15) is 12.6 Å². The molecule has 0 unspecified atom stereocenters. The number of nitrogens with two attached hydrogens (primary N) is 1. The lowest BCUT2D eigenvalue weighted by atomic mass is 10.1. The van der Waals surface area contributed by atoms with Crippen molar-refractivity contribution in [2.75, 3.05) is 43.1 Å². The van der Waals surface area contributed by atoms with Crippen LogP contribution in [0.3, 0.4) is 0 Å². The van der Waals surface area contributed by atoms with E-state index in [1.807, 2.05) is 18.7 Å². The van der Waals surface area contributed by atoms with Crippen LogP contribution < -0.4 is 16.0 Å². The standard InChI is InChI=1S/C21H29F3N4O3/c1-13(2)11-28(15-4-5-15)18(10-25)20(30)26-14-3-6-17(16(9-14)21(22,23)24)27-7-8-31-12-19(27)29/h3,6,9,13,15,18H,4-5,7-8,10-12,25H2,1-2H3,(H,26,30)/t18-/m1/s1. The van der Waals surface area contributed by atoms with Crippen molar-refractivity contribution >= 4 is 23.2 Å². The number of carbonyl (C=O) groups excluding carboxylic acids is 2. The minimum absolute atomic E-state index is 0.0144. The molecule has 1 atom stereocenters.